The summed E-state index contributed by atoms with van der Waals surface area (Å²) in [4.78, 5) is 14.4. The maximum absolute atomic E-state index is 14.4. The van der Waals surface area contributed by atoms with Gasteiger partial charge in [0.15, 0.2) is 18.4 Å². The highest BCUT2D eigenvalue weighted by Gasteiger charge is 2.60. The molecule has 5 N–H and O–H groups in total. The molecule has 6 aliphatic heterocycles. The van der Waals surface area contributed by atoms with Gasteiger partial charge in [0, 0.05) is 58.2 Å². The number of carbonyl (C=O) groups excluding carboxylic acids is 1. The Balaban J connectivity index is 1.20. The number of hydrogen-bond acceptors (Lipinski definition) is 16. The van der Waals surface area contributed by atoms with E-state index in [2.05, 4.69) is 25.1 Å². The Morgan fingerprint density at radius 2 is 1.63 bits per heavy atom. The van der Waals surface area contributed by atoms with Crippen LogP contribution in [0.2, 0.25) is 0 Å². The molecule has 0 saturated carbocycles. The van der Waals surface area contributed by atoms with Gasteiger partial charge in [-0.2, -0.15) is 0 Å². The first-order chi connectivity index (χ1) is 29.9. The van der Waals surface area contributed by atoms with Crippen LogP contribution in [0.5, 0.6) is 0 Å². The number of nitrogens with zero attached hydrogens (tertiary/aromatic N) is 1. The van der Waals surface area contributed by atoms with Crippen molar-refractivity contribution >= 4 is 11.7 Å². The predicted octanol–water partition coefficient (Wildman–Crippen LogP) is 4.62. The highest BCUT2D eigenvalue weighted by atomic mass is 16.7. The summed E-state index contributed by atoms with van der Waals surface area (Å²) in [5.74, 6) is -3.30. The Hall–Kier alpha value is -2.58. The topological polar surface area (TPSA) is 208 Å². The van der Waals surface area contributed by atoms with Gasteiger partial charge in [0.2, 0.25) is 0 Å². The van der Waals surface area contributed by atoms with E-state index in [4.69, 9.17) is 53.1 Å². The van der Waals surface area contributed by atoms with Crippen LogP contribution in [-0.4, -0.2) is 145 Å². The van der Waals surface area contributed by atoms with Crippen LogP contribution < -0.4 is 5.73 Å². The number of nitrogens with two attached hydrogens (primary N) is 1. The van der Waals surface area contributed by atoms with Crippen LogP contribution in [0.25, 0.3) is 0 Å². The van der Waals surface area contributed by atoms with E-state index in [1.807, 2.05) is 46.8 Å². The van der Waals surface area contributed by atoms with E-state index in [1.54, 1.807) is 33.3 Å². The second-order valence-corrected chi connectivity index (χ2v) is 19.4. The number of oxime groups is 1. The molecule has 6 heterocycles. The molecule has 0 radical (unpaired) electrons. The summed E-state index contributed by atoms with van der Waals surface area (Å²) in [6.07, 6.45) is 4.65. The summed E-state index contributed by atoms with van der Waals surface area (Å²) in [6.45, 7) is 15.7. The largest absolute Gasteiger partial charge is 0.462 e. The molecule has 5 fully saturated rings. The Bertz CT molecular complexity index is 1780. The van der Waals surface area contributed by atoms with E-state index in [-0.39, 0.29) is 73.4 Å². The number of carbonyl (C=O) groups is 1. The molecule has 354 valence electrons. The van der Waals surface area contributed by atoms with Gasteiger partial charge in [-0.25, -0.2) is 0 Å². The van der Waals surface area contributed by atoms with Gasteiger partial charge in [-0.3, -0.25) is 4.79 Å². The van der Waals surface area contributed by atoms with Crippen molar-refractivity contribution in [3.63, 3.8) is 0 Å². The maximum Gasteiger partial charge on any atom is 0.316 e. The van der Waals surface area contributed by atoms with Crippen molar-refractivity contribution in [1.29, 1.82) is 0 Å². The molecule has 0 amide bonds. The second kappa shape index (κ2) is 19.7. The Kier molecular flexibility index (Phi) is 15.1. The molecule has 5 saturated heterocycles. The number of aliphatic hydroxyl groups excluding tert-OH is 1. The van der Waals surface area contributed by atoms with E-state index < -0.39 is 78.6 Å². The third kappa shape index (κ3) is 9.80. The van der Waals surface area contributed by atoms with Crippen LogP contribution in [0.15, 0.2) is 52.3 Å². The first-order valence-electron chi connectivity index (χ1n) is 22.9. The normalized spacial score (nSPS) is 49.0. The highest BCUT2D eigenvalue weighted by Crippen LogP contribution is 2.47. The SMILES string of the molecule is CO[C@H]1C[C@H](O[C@@H]2[C@@H](C)OC(O[C@@H]3/C(C)=C/CC4CC(CC5(CC(O)[C@@H](C)C(C(C)C)O5)O4)OC(=O)C4C=C(C)/C(=N\O)C5OC/C(=C\C=C\C3C)[C@@]45O)C[C@H]2OC)O[C@@H](C)[C@@H]1N. The molecule has 2 bridgehead atoms. The smallest absolute Gasteiger partial charge is 0.316 e. The number of esters is 1. The van der Waals surface area contributed by atoms with Gasteiger partial charge in [0.05, 0.1) is 61.5 Å². The lowest BCUT2D eigenvalue weighted by molar-refractivity contribution is -0.353. The fraction of sp³-hybridized carbons (Fsp3) is 0.787. The fourth-order valence-electron chi connectivity index (χ4n) is 10.9. The number of aliphatic hydroxyl groups is 2. The molecule has 9 unspecified atom stereocenters. The maximum atomic E-state index is 14.4. The van der Waals surface area contributed by atoms with E-state index in [1.165, 1.54) is 0 Å². The molecule has 0 aromatic carbocycles. The van der Waals surface area contributed by atoms with Gasteiger partial charge in [-0.1, -0.05) is 63.2 Å². The minimum absolute atomic E-state index is 0.00912. The summed E-state index contributed by atoms with van der Waals surface area (Å²) < 4.78 is 63.9. The second-order valence-electron chi connectivity index (χ2n) is 19.4. The molecule has 16 nitrogen and oxygen atoms in total. The quantitative estimate of drug-likeness (QED) is 0.119. The van der Waals surface area contributed by atoms with E-state index in [9.17, 15) is 20.2 Å². The number of fused-ring (bicyclic) bond motifs is 2. The molecule has 1 aliphatic carbocycles. The Morgan fingerprint density at radius 1 is 0.937 bits per heavy atom. The minimum atomic E-state index is -1.90. The van der Waals surface area contributed by atoms with E-state index in [0.717, 1.165) is 5.57 Å². The zero-order valence-electron chi connectivity index (χ0n) is 38.6. The van der Waals surface area contributed by atoms with Gasteiger partial charge in [-0.15, -0.1) is 0 Å². The molecule has 7 rings (SSSR count). The third-order valence-corrected chi connectivity index (χ3v) is 14.5. The number of ether oxygens (including phenoxy) is 10. The van der Waals surface area contributed by atoms with Crippen molar-refractivity contribution in [3.8, 4) is 0 Å². The van der Waals surface area contributed by atoms with Crippen molar-refractivity contribution < 1.29 is 67.6 Å². The summed E-state index contributed by atoms with van der Waals surface area (Å²) >= 11 is 0. The van der Waals surface area contributed by atoms with Crippen LogP contribution in [0, 0.1) is 23.7 Å². The zero-order valence-corrected chi connectivity index (χ0v) is 38.6. The number of allylic oxidation sites excluding steroid dienone is 2. The van der Waals surface area contributed by atoms with Crippen molar-refractivity contribution in [2.75, 3.05) is 20.8 Å². The predicted molar refractivity (Wildman–Crippen MR) is 229 cm³/mol. The fourth-order valence-corrected chi connectivity index (χ4v) is 10.9. The lowest BCUT2D eigenvalue weighted by atomic mass is 9.71. The number of rotatable bonds is 7. The summed E-state index contributed by atoms with van der Waals surface area (Å²) in [7, 11) is 3.29. The average Bonchev–Trinajstić information content (AvgIpc) is 3.57. The number of hydrogen-bond donors (Lipinski definition) is 4. The Labute approximate surface area is 372 Å². The molecule has 7 aliphatic rings. The molecule has 1 spiro atoms. The highest BCUT2D eigenvalue weighted by molar-refractivity contribution is 6.06. The molecule has 0 aromatic heterocycles. The number of methoxy groups -OCH3 is 2. The van der Waals surface area contributed by atoms with Crippen molar-refractivity contribution in [2.24, 2.45) is 34.6 Å². The van der Waals surface area contributed by atoms with E-state index >= 15 is 0 Å². The molecular formula is C47H72N2O14. The van der Waals surface area contributed by atoms with Gasteiger partial charge in [0.25, 0.3) is 0 Å². The Morgan fingerprint density at radius 3 is 2.33 bits per heavy atom. The molecular weight excluding hydrogens is 817 g/mol. The van der Waals surface area contributed by atoms with Crippen LogP contribution >= 0.6 is 0 Å². The van der Waals surface area contributed by atoms with Gasteiger partial charge in [-0.05, 0) is 56.8 Å². The molecule has 19 atom stereocenters. The lowest BCUT2D eigenvalue weighted by Gasteiger charge is -2.52. The molecule has 0 aromatic rings. The molecule has 16 heteroatoms. The first kappa shape index (κ1) is 48.4. The third-order valence-electron chi connectivity index (χ3n) is 14.5. The van der Waals surface area contributed by atoms with E-state index in [0.29, 0.717) is 36.8 Å². The minimum Gasteiger partial charge on any atom is -0.462 e. The van der Waals surface area contributed by atoms with Crippen molar-refractivity contribution in [2.45, 2.75) is 191 Å². The summed E-state index contributed by atoms with van der Waals surface area (Å²) in [5, 5.41) is 37.5. The standard InChI is InChI=1S/C47H72N2O14/c1-23(2)41-27(6)34(50)21-46(63-41)20-32-17-31(62-46)15-14-25(4)42(60-38-19-36(55-10)43(29(8)58-38)61-37-18-35(54-9)39(48)28(7)57-37)24(3)12-11-13-30-22-56-44-40(49-53)26(5)16-33(45(51)59-32)47(30,44)52/h11-14,16,23-24,27-29,31-39,41-44,50,52-53H,15,17-22,48H2,1-10H3/b12-11+,25-14+,30-13+,49-40+/t24?,27-,28+,29-,31?,32?,33?,34?,35+,36-,37+,38?,39+,41?,42+,43-,44?,46?,47-/m1/s1. The van der Waals surface area contributed by atoms with Crippen LogP contribution in [0.4, 0.5) is 0 Å². The van der Waals surface area contributed by atoms with Gasteiger partial charge < -0.3 is 68.5 Å². The van der Waals surface area contributed by atoms with Crippen LogP contribution in [-0.2, 0) is 52.2 Å². The van der Waals surface area contributed by atoms with Crippen LogP contribution in [0.1, 0.15) is 93.9 Å². The van der Waals surface area contributed by atoms with Crippen LogP contribution in [0.3, 0.4) is 0 Å². The zero-order chi connectivity index (χ0) is 45.5. The average molecular weight is 889 g/mol. The van der Waals surface area contributed by atoms with Gasteiger partial charge in [0.1, 0.15) is 35.5 Å². The van der Waals surface area contributed by atoms with Crippen molar-refractivity contribution in [3.05, 3.63) is 47.1 Å². The monoisotopic (exact) mass is 888 g/mol. The summed E-state index contributed by atoms with van der Waals surface area (Å²) in [6, 6.07) is -0.269. The van der Waals surface area contributed by atoms with Crippen molar-refractivity contribution in [1.82, 2.24) is 0 Å². The van der Waals surface area contributed by atoms with Gasteiger partial charge >= 0.3 is 5.97 Å². The first-order valence-corrected chi connectivity index (χ1v) is 22.9. The summed E-state index contributed by atoms with van der Waals surface area (Å²) in [5.41, 5.74) is 6.42. The molecule has 63 heavy (non-hydrogen) atoms. The lowest BCUT2D eigenvalue weighted by Crippen LogP contribution is -2.59.